The summed E-state index contributed by atoms with van der Waals surface area (Å²) in [5.41, 5.74) is 3.69. The van der Waals surface area contributed by atoms with Gasteiger partial charge in [-0.25, -0.2) is 17.2 Å². The summed E-state index contributed by atoms with van der Waals surface area (Å²) in [6.45, 7) is 8.73. The van der Waals surface area contributed by atoms with E-state index in [1.165, 1.54) is 27.4 Å². The van der Waals surface area contributed by atoms with Crippen LogP contribution >= 0.6 is 22.9 Å². The van der Waals surface area contributed by atoms with E-state index in [0.717, 1.165) is 5.69 Å². The number of thiophene rings is 1. The number of carboxylic acids is 1. The fourth-order valence-corrected chi connectivity index (χ4v) is 7.69. The third-order valence-electron chi connectivity index (χ3n) is 7.22. The van der Waals surface area contributed by atoms with Crippen molar-refractivity contribution >= 4 is 60.5 Å². The molecule has 2 aromatic heterocycles. The third kappa shape index (κ3) is 4.34. The highest BCUT2D eigenvalue weighted by molar-refractivity contribution is 7.90. The van der Waals surface area contributed by atoms with Crippen molar-refractivity contribution in [3.05, 3.63) is 101 Å². The minimum absolute atomic E-state index is 0.0844. The fraction of sp³-hybridized carbons (Fsp3) is 0.133. The molecule has 0 bridgehead atoms. The van der Waals surface area contributed by atoms with Crippen LogP contribution in [0, 0.1) is 12.5 Å². The van der Waals surface area contributed by atoms with Gasteiger partial charge in [0.05, 0.1) is 28.6 Å². The molecular formula is C30H22ClN3O4S2. The van der Waals surface area contributed by atoms with E-state index in [4.69, 9.17) is 18.2 Å². The standard InChI is InChI=1S/C30H22ClN3O4S2/c1-32-29-25(14-16-39-29)27-24-7-2-3-8-26(24)34(40(37,38)23-11-9-21(31)10-12-23)28(27)19-5-4-6-22(17-19)33-15-13-20(18-33)30(35)36/h2-12,14,16-17,20H,13,15,18H2,(H,35,36). The fourth-order valence-electron chi connectivity index (χ4n) is 5.33. The van der Waals surface area contributed by atoms with Crippen LogP contribution in [0.5, 0.6) is 0 Å². The van der Waals surface area contributed by atoms with Crippen molar-refractivity contribution < 1.29 is 18.3 Å². The number of carbonyl (C=O) groups is 1. The summed E-state index contributed by atoms with van der Waals surface area (Å²) >= 11 is 7.38. The number of carboxylic acid groups (broad SMARTS) is 1. The number of rotatable bonds is 6. The maximum atomic E-state index is 14.3. The van der Waals surface area contributed by atoms with E-state index in [1.807, 2.05) is 52.7 Å². The van der Waals surface area contributed by atoms with E-state index in [-0.39, 0.29) is 4.90 Å². The van der Waals surface area contributed by atoms with Gasteiger partial charge in [0.2, 0.25) is 5.00 Å². The lowest BCUT2D eigenvalue weighted by Gasteiger charge is -2.20. The molecule has 1 saturated heterocycles. The Balaban J connectivity index is 1.66. The number of hydrogen-bond donors (Lipinski definition) is 1. The first-order valence-electron chi connectivity index (χ1n) is 12.5. The molecule has 1 fully saturated rings. The van der Waals surface area contributed by atoms with Crippen molar-refractivity contribution in [3.63, 3.8) is 0 Å². The number of aliphatic carboxylic acids is 1. The highest BCUT2D eigenvalue weighted by Gasteiger charge is 2.31. The summed E-state index contributed by atoms with van der Waals surface area (Å²) in [5, 5.41) is 12.9. The molecule has 0 radical (unpaired) electrons. The molecule has 40 heavy (non-hydrogen) atoms. The van der Waals surface area contributed by atoms with Gasteiger partial charge in [0.1, 0.15) is 0 Å². The summed E-state index contributed by atoms with van der Waals surface area (Å²) in [5.74, 6) is -1.28. The Hall–Kier alpha value is -4.10. The highest BCUT2D eigenvalue weighted by Crippen LogP contribution is 2.48. The number of para-hydroxylation sites is 1. The van der Waals surface area contributed by atoms with Crippen LogP contribution < -0.4 is 4.90 Å². The van der Waals surface area contributed by atoms with Crippen LogP contribution in [0.15, 0.2) is 89.1 Å². The Morgan fingerprint density at radius 1 is 1.05 bits per heavy atom. The molecule has 6 rings (SSSR count). The number of nitrogens with zero attached hydrogens (tertiary/aromatic N) is 3. The zero-order valence-electron chi connectivity index (χ0n) is 21.0. The summed E-state index contributed by atoms with van der Waals surface area (Å²) in [7, 11) is -4.11. The SMILES string of the molecule is [C-]#[N+]c1sccc1-c1c(-c2cccc(N3CCC(C(=O)O)C3)c2)n(S(=O)(=O)c2ccc(Cl)cc2)c2ccccc12. The van der Waals surface area contributed by atoms with Gasteiger partial charge in [-0.1, -0.05) is 48.0 Å². The van der Waals surface area contributed by atoms with Gasteiger partial charge in [-0.3, -0.25) is 4.79 Å². The minimum Gasteiger partial charge on any atom is -0.481 e. The largest absolute Gasteiger partial charge is 0.481 e. The van der Waals surface area contributed by atoms with Crippen LogP contribution in [-0.4, -0.2) is 36.6 Å². The van der Waals surface area contributed by atoms with Crippen LogP contribution in [-0.2, 0) is 14.8 Å². The lowest BCUT2D eigenvalue weighted by Crippen LogP contribution is -2.22. The predicted molar refractivity (Wildman–Crippen MR) is 159 cm³/mol. The molecule has 3 heterocycles. The molecule has 200 valence electrons. The van der Waals surface area contributed by atoms with Crippen LogP contribution in [0.2, 0.25) is 5.02 Å². The zero-order valence-corrected chi connectivity index (χ0v) is 23.4. The first-order chi connectivity index (χ1) is 19.3. The Labute approximate surface area is 240 Å². The Morgan fingerprint density at radius 3 is 2.55 bits per heavy atom. The Bertz CT molecular complexity index is 1920. The Morgan fingerprint density at radius 2 is 1.82 bits per heavy atom. The van der Waals surface area contributed by atoms with Crippen molar-refractivity contribution in [2.45, 2.75) is 11.3 Å². The van der Waals surface area contributed by atoms with Gasteiger partial charge in [-0.05, 0) is 54.3 Å². The molecule has 1 aliphatic rings. The molecule has 0 aliphatic carbocycles. The second-order valence-corrected chi connectivity index (χ2v) is 12.7. The number of anilines is 1. The van der Waals surface area contributed by atoms with E-state index >= 15 is 0 Å². The van der Waals surface area contributed by atoms with Crippen molar-refractivity contribution in [2.75, 3.05) is 18.0 Å². The minimum atomic E-state index is -4.11. The van der Waals surface area contributed by atoms with Crippen molar-refractivity contribution in [1.29, 1.82) is 0 Å². The second-order valence-electron chi connectivity index (χ2n) is 9.54. The number of benzene rings is 3. The number of aromatic nitrogens is 1. The lowest BCUT2D eigenvalue weighted by molar-refractivity contribution is -0.140. The number of hydrogen-bond acceptors (Lipinski definition) is 5. The molecular weight excluding hydrogens is 566 g/mol. The van der Waals surface area contributed by atoms with E-state index in [0.29, 0.717) is 62.8 Å². The first-order valence-corrected chi connectivity index (χ1v) is 15.2. The van der Waals surface area contributed by atoms with E-state index in [1.54, 1.807) is 24.3 Å². The van der Waals surface area contributed by atoms with Crippen molar-refractivity contribution in [3.8, 4) is 22.4 Å². The highest BCUT2D eigenvalue weighted by atomic mass is 35.5. The molecule has 0 amide bonds. The van der Waals surface area contributed by atoms with Crippen molar-refractivity contribution in [1.82, 2.24) is 3.97 Å². The predicted octanol–water partition coefficient (Wildman–Crippen LogP) is 7.39. The average molecular weight is 588 g/mol. The molecule has 1 unspecified atom stereocenters. The molecule has 3 aromatic carbocycles. The van der Waals surface area contributed by atoms with E-state index in [9.17, 15) is 18.3 Å². The van der Waals surface area contributed by atoms with Crippen LogP contribution in [0.3, 0.4) is 0 Å². The molecule has 7 nitrogen and oxygen atoms in total. The van der Waals surface area contributed by atoms with Crippen LogP contribution in [0.25, 0.3) is 38.1 Å². The van der Waals surface area contributed by atoms with Crippen molar-refractivity contribution in [2.24, 2.45) is 5.92 Å². The average Bonchev–Trinajstić information content (AvgIpc) is 3.70. The molecule has 1 atom stereocenters. The van der Waals surface area contributed by atoms with Gasteiger partial charge in [0.25, 0.3) is 10.0 Å². The maximum Gasteiger partial charge on any atom is 0.308 e. The summed E-state index contributed by atoms with van der Waals surface area (Å²) < 4.78 is 30.0. The quantitative estimate of drug-likeness (QED) is 0.209. The maximum absolute atomic E-state index is 14.3. The van der Waals surface area contributed by atoms with Crippen LogP contribution in [0.4, 0.5) is 10.7 Å². The van der Waals surface area contributed by atoms with Gasteiger partial charge in [-0.2, -0.15) is 11.3 Å². The van der Waals surface area contributed by atoms with Crippen LogP contribution in [0.1, 0.15) is 6.42 Å². The summed E-state index contributed by atoms with van der Waals surface area (Å²) in [6.07, 6.45) is 0.541. The number of fused-ring (bicyclic) bond motifs is 1. The molecule has 1 N–H and O–H groups in total. The molecule has 0 spiro atoms. The molecule has 10 heteroatoms. The summed E-state index contributed by atoms with van der Waals surface area (Å²) in [6, 6.07) is 22.7. The number of halogens is 1. The molecule has 5 aromatic rings. The smallest absolute Gasteiger partial charge is 0.308 e. The third-order valence-corrected chi connectivity index (χ3v) is 10.0. The monoisotopic (exact) mass is 587 g/mol. The Kier molecular flexibility index (Phi) is 6.62. The zero-order chi connectivity index (χ0) is 28.0. The van der Waals surface area contributed by atoms with E-state index in [2.05, 4.69) is 4.85 Å². The van der Waals surface area contributed by atoms with Gasteiger partial charge in [0, 0.05) is 45.9 Å². The van der Waals surface area contributed by atoms with Gasteiger partial charge >= 0.3 is 5.97 Å². The normalized spacial score (nSPS) is 15.4. The molecule has 1 aliphatic heterocycles. The van der Waals surface area contributed by atoms with Gasteiger partial charge < -0.3 is 10.0 Å². The topological polar surface area (TPSA) is 84.0 Å². The van der Waals surface area contributed by atoms with Gasteiger partial charge in [-0.15, -0.1) is 0 Å². The summed E-state index contributed by atoms with van der Waals surface area (Å²) in [4.78, 5) is 17.4. The lowest BCUT2D eigenvalue weighted by atomic mass is 9.99. The van der Waals surface area contributed by atoms with E-state index < -0.39 is 21.9 Å². The van der Waals surface area contributed by atoms with Gasteiger partial charge in [0.15, 0.2) is 0 Å². The molecule has 0 saturated carbocycles. The first kappa shape index (κ1) is 26.1. The second kappa shape index (κ2) is 10.1.